The Morgan fingerprint density at radius 2 is 2.11 bits per heavy atom. The SMILES string of the molecule is CCC1CN(C)CCCN1CCC(C)(C)C(N)=NO. The van der Waals surface area contributed by atoms with Crippen molar-refractivity contribution in [3.8, 4) is 0 Å². The molecule has 0 radical (unpaired) electrons. The van der Waals surface area contributed by atoms with Crippen LogP contribution in [0.5, 0.6) is 0 Å². The van der Waals surface area contributed by atoms with Gasteiger partial charge in [0, 0.05) is 18.0 Å². The molecule has 0 spiro atoms. The Morgan fingerprint density at radius 3 is 2.68 bits per heavy atom. The molecule has 1 aliphatic rings. The molecule has 5 nitrogen and oxygen atoms in total. The fourth-order valence-corrected chi connectivity index (χ4v) is 2.66. The van der Waals surface area contributed by atoms with Gasteiger partial charge in [0.1, 0.15) is 5.84 Å². The third-order valence-corrected chi connectivity index (χ3v) is 4.32. The molecule has 19 heavy (non-hydrogen) atoms. The molecule has 0 bridgehead atoms. The van der Waals surface area contributed by atoms with Crippen LogP contribution in [0.15, 0.2) is 5.16 Å². The van der Waals surface area contributed by atoms with Gasteiger partial charge in [-0.1, -0.05) is 25.9 Å². The molecule has 0 aromatic carbocycles. The lowest BCUT2D eigenvalue weighted by atomic mass is 9.87. The maximum atomic E-state index is 8.83. The molecule has 1 fully saturated rings. The summed E-state index contributed by atoms with van der Waals surface area (Å²) in [5, 5.41) is 12.0. The summed E-state index contributed by atoms with van der Waals surface area (Å²) in [6.45, 7) is 10.8. The number of oxime groups is 1. The highest BCUT2D eigenvalue weighted by molar-refractivity contribution is 5.85. The molecule has 0 aliphatic carbocycles. The second-order valence-electron chi connectivity index (χ2n) is 6.33. The van der Waals surface area contributed by atoms with Crippen LogP contribution in [-0.2, 0) is 0 Å². The van der Waals surface area contributed by atoms with Gasteiger partial charge >= 0.3 is 0 Å². The van der Waals surface area contributed by atoms with Crippen molar-refractivity contribution in [2.24, 2.45) is 16.3 Å². The largest absolute Gasteiger partial charge is 0.409 e. The van der Waals surface area contributed by atoms with Crippen LogP contribution in [0.25, 0.3) is 0 Å². The Hall–Kier alpha value is -0.810. The Morgan fingerprint density at radius 1 is 1.42 bits per heavy atom. The highest BCUT2D eigenvalue weighted by Crippen LogP contribution is 2.22. The zero-order chi connectivity index (χ0) is 14.5. The number of nitrogens with two attached hydrogens (primary N) is 1. The monoisotopic (exact) mass is 270 g/mol. The maximum absolute atomic E-state index is 8.83. The van der Waals surface area contributed by atoms with E-state index < -0.39 is 0 Å². The van der Waals surface area contributed by atoms with Crippen molar-refractivity contribution in [1.29, 1.82) is 0 Å². The van der Waals surface area contributed by atoms with Gasteiger partial charge < -0.3 is 15.8 Å². The van der Waals surface area contributed by atoms with Crippen molar-refractivity contribution in [2.75, 3.05) is 33.2 Å². The number of likely N-dealkylation sites (N-methyl/N-ethyl adjacent to an activating group) is 1. The third kappa shape index (κ3) is 4.66. The van der Waals surface area contributed by atoms with E-state index >= 15 is 0 Å². The topological polar surface area (TPSA) is 65.1 Å². The van der Waals surface area contributed by atoms with Crippen LogP contribution in [0.1, 0.15) is 40.0 Å². The van der Waals surface area contributed by atoms with Crippen molar-refractivity contribution in [2.45, 2.75) is 46.1 Å². The van der Waals surface area contributed by atoms with Gasteiger partial charge in [-0.3, -0.25) is 4.90 Å². The first-order valence-electron chi connectivity index (χ1n) is 7.31. The molecule has 1 atom stereocenters. The summed E-state index contributed by atoms with van der Waals surface area (Å²) in [4.78, 5) is 4.98. The molecule has 1 heterocycles. The Labute approximate surface area is 117 Å². The van der Waals surface area contributed by atoms with Gasteiger partial charge in [0.2, 0.25) is 0 Å². The molecule has 1 rings (SSSR count). The summed E-state index contributed by atoms with van der Waals surface area (Å²) >= 11 is 0. The average molecular weight is 270 g/mol. The average Bonchev–Trinajstić information content (AvgIpc) is 2.56. The predicted molar refractivity (Wildman–Crippen MR) is 79.6 cm³/mol. The first kappa shape index (κ1) is 16.2. The van der Waals surface area contributed by atoms with Crippen molar-refractivity contribution in [3.05, 3.63) is 0 Å². The molecule has 0 aromatic heterocycles. The van der Waals surface area contributed by atoms with Crippen LogP contribution in [-0.4, -0.2) is 60.1 Å². The Kier molecular flexibility index (Phi) is 6.07. The molecule has 0 aromatic rings. The van der Waals surface area contributed by atoms with E-state index in [2.05, 4.69) is 28.9 Å². The Bertz CT molecular complexity index is 304. The molecule has 1 aliphatic heterocycles. The minimum atomic E-state index is -0.245. The van der Waals surface area contributed by atoms with Crippen molar-refractivity contribution < 1.29 is 5.21 Å². The summed E-state index contributed by atoms with van der Waals surface area (Å²) in [6, 6.07) is 0.621. The zero-order valence-electron chi connectivity index (χ0n) is 12.9. The lowest BCUT2D eigenvalue weighted by Gasteiger charge is -2.33. The van der Waals surface area contributed by atoms with Gasteiger partial charge in [0.25, 0.3) is 0 Å². The van der Waals surface area contributed by atoms with Crippen LogP contribution in [0.3, 0.4) is 0 Å². The number of hydrogen-bond donors (Lipinski definition) is 2. The van der Waals surface area contributed by atoms with Crippen LogP contribution in [0.4, 0.5) is 0 Å². The van der Waals surface area contributed by atoms with E-state index in [0.29, 0.717) is 11.9 Å². The summed E-state index contributed by atoms with van der Waals surface area (Å²) in [5.74, 6) is 0.326. The van der Waals surface area contributed by atoms with Crippen molar-refractivity contribution >= 4 is 5.84 Å². The van der Waals surface area contributed by atoms with Gasteiger partial charge in [-0.15, -0.1) is 0 Å². The summed E-state index contributed by atoms with van der Waals surface area (Å²) in [5.41, 5.74) is 5.51. The number of nitrogens with zero attached hydrogens (tertiary/aromatic N) is 3. The smallest absolute Gasteiger partial charge is 0.144 e. The fraction of sp³-hybridized carbons (Fsp3) is 0.929. The van der Waals surface area contributed by atoms with E-state index in [1.807, 2.05) is 13.8 Å². The van der Waals surface area contributed by atoms with E-state index in [0.717, 1.165) is 26.1 Å². The molecule has 0 amide bonds. The van der Waals surface area contributed by atoms with Crippen LogP contribution in [0, 0.1) is 5.41 Å². The van der Waals surface area contributed by atoms with E-state index in [4.69, 9.17) is 10.9 Å². The highest BCUT2D eigenvalue weighted by Gasteiger charge is 2.27. The molecular weight excluding hydrogens is 240 g/mol. The first-order chi connectivity index (χ1) is 8.90. The molecule has 5 heteroatoms. The second-order valence-corrected chi connectivity index (χ2v) is 6.33. The van der Waals surface area contributed by atoms with Crippen LogP contribution < -0.4 is 5.73 Å². The van der Waals surface area contributed by atoms with Crippen LogP contribution in [0.2, 0.25) is 0 Å². The molecule has 1 unspecified atom stereocenters. The minimum absolute atomic E-state index is 0.245. The first-order valence-corrected chi connectivity index (χ1v) is 7.31. The number of amidine groups is 1. The van der Waals surface area contributed by atoms with E-state index in [1.165, 1.54) is 19.4 Å². The quantitative estimate of drug-likeness (QED) is 0.344. The van der Waals surface area contributed by atoms with Crippen molar-refractivity contribution in [3.63, 3.8) is 0 Å². The summed E-state index contributed by atoms with van der Waals surface area (Å²) in [7, 11) is 2.20. The fourth-order valence-electron chi connectivity index (χ4n) is 2.66. The maximum Gasteiger partial charge on any atom is 0.144 e. The summed E-state index contributed by atoms with van der Waals surface area (Å²) < 4.78 is 0. The van der Waals surface area contributed by atoms with E-state index in [9.17, 15) is 0 Å². The van der Waals surface area contributed by atoms with Gasteiger partial charge in [0.15, 0.2) is 0 Å². The highest BCUT2D eigenvalue weighted by atomic mass is 16.4. The van der Waals surface area contributed by atoms with Gasteiger partial charge in [0.05, 0.1) is 0 Å². The molecule has 112 valence electrons. The van der Waals surface area contributed by atoms with E-state index in [1.54, 1.807) is 0 Å². The van der Waals surface area contributed by atoms with Crippen LogP contribution >= 0.6 is 0 Å². The van der Waals surface area contributed by atoms with Gasteiger partial charge in [-0.25, -0.2) is 0 Å². The molecule has 0 saturated carbocycles. The number of rotatable bonds is 5. The standard InChI is InChI=1S/C14H30N4O/c1-5-12-11-17(4)8-6-9-18(12)10-7-14(2,3)13(15)16-19/h12,19H,5-11H2,1-4H3,(H2,15,16). The molecule has 1 saturated heterocycles. The molecule has 3 N–H and O–H groups in total. The van der Waals surface area contributed by atoms with E-state index in [-0.39, 0.29) is 5.41 Å². The van der Waals surface area contributed by atoms with Gasteiger partial charge in [-0.05, 0) is 45.9 Å². The van der Waals surface area contributed by atoms with Crippen molar-refractivity contribution in [1.82, 2.24) is 9.80 Å². The number of hydrogen-bond acceptors (Lipinski definition) is 4. The van der Waals surface area contributed by atoms with Gasteiger partial charge in [-0.2, -0.15) is 0 Å². The predicted octanol–water partition coefficient (Wildman–Crippen LogP) is 1.57. The minimum Gasteiger partial charge on any atom is -0.409 e. The summed E-state index contributed by atoms with van der Waals surface area (Å²) in [6.07, 6.45) is 3.31. The zero-order valence-corrected chi connectivity index (χ0v) is 12.9. The lowest BCUT2D eigenvalue weighted by molar-refractivity contribution is 0.168. The normalized spacial score (nSPS) is 24.4. The molecular formula is C14H30N4O. The second kappa shape index (κ2) is 7.10. The third-order valence-electron chi connectivity index (χ3n) is 4.32. The Balaban J connectivity index is 2.59. The lowest BCUT2D eigenvalue weighted by Crippen LogP contribution is -2.43.